The van der Waals surface area contributed by atoms with Gasteiger partial charge < -0.3 is 5.11 Å². The number of aromatic nitrogens is 2. The molecule has 15 heavy (non-hydrogen) atoms. The van der Waals surface area contributed by atoms with Gasteiger partial charge in [-0.3, -0.25) is 4.68 Å². The average Bonchev–Trinajstić information content (AvgIpc) is 2.40. The van der Waals surface area contributed by atoms with Crippen molar-refractivity contribution in [1.82, 2.24) is 9.78 Å². The molecule has 0 radical (unpaired) electrons. The molecule has 1 aliphatic rings. The van der Waals surface area contributed by atoms with Gasteiger partial charge in [0.2, 0.25) is 0 Å². The van der Waals surface area contributed by atoms with Gasteiger partial charge >= 0.3 is 0 Å². The minimum Gasteiger partial charge on any atom is -0.393 e. The van der Waals surface area contributed by atoms with Gasteiger partial charge in [0.25, 0.3) is 0 Å². The minimum atomic E-state index is -0.177. The van der Waals surface area contributed by atoms with Crippen molar-refractivity contribution in [2.75, 3.05) is 0 Å². The van der Waals surface area contributed by atoms with E-state index in [9.17, 15) is 5.11 Å². The Morgan fingerprint density at radius 1 is 1.47 bits per heavy atom. The van der Waals surface area contributed by atoms with E-state index in [1.54, 1.807) is 6.20 Å². The van der Waals surface area contributed by atoms with Gasteiger partial charge in [0.15, 0.2) is 0 Å². The maximum Gasteiger partial charge on any atom is 0.0820 e. The summed E-state index contributed by atoms with van der Waals surface area (Å²) in [5, 5.41) is 14.7. The van der Waals surface area contributed by atoms with Gasteiger partial charge in [0, 0.05) is 13.0 Å². The second-order valence-corrected chi connectivity index (χ2v) is 4.78. The van der Waals surface area contributed by atoms with Crippen molar-refractivity contribution in [3.8, 4) is 0 Å². The molecule has 0 amide bonds. The van der Waals surface area contributed by atoms with Crippen LogP contribution in [0.15, 0.2) is 6.20 Å². The zero-order valence-corrected chi connectivity index (χ0v) is 9.74. The Hall–Kier alpha value is -0.540. The van der Waals surface area contributed by atoms with E-state index in [0.717, 1.165) is 36.4 Å². The summed E-state index contributed by atoms with van der Waals surface area (Å²) in [5.41, 5.74) is 1.08. The first-order valence-corrected chi connectivity index (χ1v) is 5.91. The largest absolute Gasteiger partial charge is 0.393 e. The van der Waals surface area contributed by atoms with Crippen molar-refractivity contribution in [2.24, 2.45) is 7.05 Å². The summed E-state index contributed by atoms with van der Waals surface area (Å²) in [6.45, 7) is 0. The predicted octanol–water partition coefficient (Wildman–Crippen LogP) is 2.48. The fraction of sp³-hybridized carbons (Fsp3) is 0.727. The highest BCUT2D eigenvalue weighted by Crippen LogP contribution is 2.34. The van der Waals surface area contributed by atoms with Gasteiger partial charge in [-0.15, -0.1) is 0 Å². The molecule has 1 saturated carbocycles. The zero-order chi connectivity index (χ0) is 10.8. The molecule has 0 saturated heterocycles. The maximum absolute atomic E-state index is 9.77. The lowest BCUT2D eigenvalue weighted by molar-refractivity contribution is 0.151. The molecule has 1 aromatic heterocycles. The van der Waals surface area contributed by atoms with Crippen LogP contribution in [-0.4, -0.2) is 21.0 Å². The standard InChI is InChI=1S/C11H17ClN2O/c1-14-11(10(12)7-13-14)8-4-2-3-5-9(15)6-8/h7-9,15H,2-6H2,1H3. The number of rotatable bonds is 1. The Bertz CT molecular complexity index is 318. The van der Waals surface area contributed by atoms with Crippen LogP contribution >= 0.6 is 11.6 Å². The van der Waals surface area contributed by atoms with Gasteiger partial charge in [0.05, 0.1) is 23.0 Å². The number of aliphatic hydroxyl groups excluding tert-OH is 1. The minimum absolute atomic E-state index is 0.177. The van der Waals surface area contributed by atoms with E-state index in [1.165, 1.54) is 6.42 Å². The molecule has 1 heterocycles. The summed E-state index contributed by atoms with van der Waals surface area (Å²) in [5.74, 6) is 0.363. The summed E-state index contributed by atoms with van der Waals surface area (Å²) in [6.07, 6.45) is 6.65. The average molecular weight is 229 g/mol. The lowest BCUT2D eigenvalue weighted by Gasteiger charge is -2.17. The van der Waals surface area contributed by atoms with Crippen molar-refractivity contribution in [1.29, 1.82) is 0 Å². The summed E-state index contributed by atoms with van der Waals surface area (Å²) >= 11 is 6.11. The van der Waals surface area contributed by atoms with Crippen LogP contribution in [0.3, 0.4) is 0 Å². The maximum atomic E-state index is 9.77. The van der Waals surface area contributed by atoms with Crippen LogP contribution in [0, 0.1) is 0 Å². The molecule has 4 heteroatoms. The molecule has 1 N–H and O–H groups in total. The Balaban J connectivity index is 2.21. The third kappa shape index (κ3) is 2.34. The van der Waals surface area contributed by atoms with Gasteiger partial charge in [-0.05, 0) is 19.3 Å². The predicted molar refractivity (Wildman–Crippen MR) is 60.1 cm³/mol. The topological polar surface area (TPSA) is 38.0 Å². The van der Waals surface area contributed by atoms with E-state index in [1.807, 2.05) is 11.7 Å². The Kier molecular flexibility index (Phi) is 3.32. The zero-order valence-electron chi connectivity index (χ0n) is 8.99. The fourth-order valence-corrected chi connectivity index (χ4v) is 2.78. The molecular formula is C11H17ClN2O. The molecule has 0 aliphatic heterocycles. The normalized spacial score (nSPS) is 27.7. The summed E-state index contributed by atoms with van der Waals surface area (Å²) in [7, 11) is 1.92. The van der Waals surface area contributed by atoms with E-state index in [2.05, 4.69) is 5.10 Å². The molecule has 2 rings (SSSR count). The summed E-state index contributed by atoms with van der Waals surface area (Å²) in [4.78, 5) is 0. The Morgan fingerprint density at radius 3 is 2.87 bits per heavy atom. The second kappa shape index (κ2) is 4.54. The first-order chi connectivity index (χ1) is 7.18. The third-order valence-electron chi connectivity index (χ3n) is 3.22. The van der Waals surface area contributed by atoms with Gasteiger partial charge in [-0.1, -0.05) is 24.4 Å². The highest BCUT2D eigenvalue weighted by molar-refractivity contribution is 6.31. The van der Waals surface area contributed by atoms with Crippen LogP contribution in [0.4, 0.5) is 0 Å². The van der Waals surface area contributed by atoms with Crippen molar-refractivity contribution >= 4 is 11.6 Å². The molecule has 2 atom stereocenters. The van der Waals surface area contributed by atoms with Crippen molar-refractivity contribution in [2.45, 2.75) is 44.1 Å². The molecule has 0 bridgehead atoms. The summed E-state index contributed by atoms with van der Waals surface area (Å²) in [6, 6.07) is 0. The number of hydrogen-bond donors (Lipinski definition) is 1. The lowest BCUT2D eigenvalue weighted by Crippen LogP contribution is -2.12. The van der Waals surface area contributed by atoms with Crippen molar-refractivity contribution in [3.63, 3.8) is 0 Å². The second-order valence-electron chi connectivity index (χ2n) is 4.37. The van der Waals surface area contributed by atoms with Crippen molar-refractivity contribution in [3.05, 3.63) is 16.9 Å². The highest BCUT2D eigenvalue weighted by atomic mass is 35.5. The van der Waals surface area contributed by atoms with Crippen LogP contribution in [0.2, 0.25) is 5.02 Å². The number of halogens is 1. The van der Waals surface area contributed by atoms with E-state index in [0.29, 0.717) is 5.92 Å². The molecular weight excluding hydrogens is 212 g/mol. The molecule has 0 spiro atoms. The third-order valence-corrected chi connectivity index (χ3v) is 3.51. The molecule has 3 nitrogen and oxygen atoms in total. The van der Waals surface area contributed by atoms with Gasteiger partial charge in [-0.2, -0.15) is 5.10 Å². The van der Waals surface area contributed by atoms with E-state index in [-0.39, 0.29) is 6.10 Å². The van der Waals surface area contributed by atoms with E-state index < -0.39 is 0 Å². The van der Waals surface area contributed by atoms with Crippen LogP contribution in [-0.2, 0) is 7.05 Å². The lowest BCUT2D eigenvalue weighted by atomic mass is 9.95. The molecule has 84 valence electrons. The first kappa shape index (κ1) is 11.0. The first-order valence-electron chi connectivity index (χ1n) is 5.54. The van der Waals surface area contributed by atoms with Crippen LogP contribution in [0.5, 0.6) is 0 Å². The number of hydrogen-bond acceptors (Lipinski definition) is 2. The van der Waals surface area contributed by atoms with Crippen LogP contribution in [0.1, 0.15) is 43.7 Å². The quantitative estimate of drug-likeness (QED) is 0.750. The van der Waals surface area contributed by atoms with Gasteiger partial charge in [0.1, 0.15) is 0 Å². The highest BCUT2D eigenvalue weighted by Gasteiger charge is 2.24. The van der Waals surface area contributed by atoms with E-state index >= 15 is 0 Å². The monoisotopic (exact) mass is 228 g/mol. The molecule has 1 aliphatic carbocycles. The van der Waals surface area contributed by atoms with Crippen LogP contribution in [0.25, 0.3) is 0 Å². The van der Waals surface area contributed by atoms with E-state index in [4.69, 9.17) is 11.6 Å². The van der Waals surface area contributed by atoms with Gasteiger partial charge in [-0.25, -0.2) is 0 Å². The smallest absolute Gasteiger partial charge is 0.0820 e. The van der Waals surface area contributed by atoms with Crippen molar-refractivity contribution < 1.29 is 5.11 Å². The molecule has 0 aromatic carbocycles. The number of aliphatic hydroxyl groups is 1. The Morgan fingerprint density at radius 2 is 2.20 bits per heavy atom. The number of aryl methyl sites for hydroxylation is 1. The molecule has 2 unspecified atom stereocenters. The molecule has 1 aromatic rings. The number of nitrogens with zero attached hydrogens (tertiary/aromatic N) is 2. The summed E-state index contributed by atoms with van der Waals surface area (Å²) < 4.78 is 1.84. The Labute approximate surface area is 95.0 Å². The fourth-order valence-electron chi connectivity index (χ4n) is 2.46. The SMILES string of the molecule is Cn1ncc(Cl)c1C1CCCCC(O)C1. The molecule has 1 fully saturated rings. The van der Waals surface area contributed by atoms with Crippen LogP contribution < -0.4 is 0 Å².